The highest BCUT2D eigenvalue weighted by Gasteiger charge is 2.25. The molecule has 28 heavy (non-hydrogen) atoms. The van der Waals surface area contributed by atoms with Crippen molar-refractivity contribution in [2.45, 2.75) is 31.6 Å². The summed E-state index contributed by atoms with van der Waals surface area (Å²) in [7, 11) is 3.44. The molecule has 0 unspecified atom stereocenters. The van der Waals surface area contributed by atoms with Gasteiger partial charge in [-0.25, -0.2) is 0 Å². The summed E-state index contributed by atoms with van der Waals surface area (Å²) in [6, 6.07) is 10.1. The Balaban J connectivity index is 1.69. The largest absolute Gasteiger partial charge is 0.502 e. The standard InChI is InChI=1S/C21H24N2O5/c1-22(21(25)12-14-9-10-18(23(26)27)19(24)11-14)13-15-5-3-7-17-16(15)6-4-8-20(17)28-2/h4,6,8-11,15,24H,3,5,7,12-13H2,1-2H3/t15-/m0/s1. The fraction of sp³-hybridized carbons (Fsp3) is 0.381. The van der Waals surface area contributed by atoms with Crippen molar-refractivity contribution in [1.82, 2.24) is 4.90 Å². The Bertz CT molecular complexity index is 896. The van der Waals surface area contributed by atoms with Crippen LogP contribution < -0.4 is 4.74 Å². The van der Waals surface area contributed by atoms with E-state index in [9.17, 15) is 20.0 Å². The van der Waals surface area contributed by atoms with Crippen molar-refractivity contribution in [2.24, 2.45) is 0 Å². The number of rotatable bonds is 6. The van der Waals surface area contributed by atoms with E-state index in [1.807, 2.05) is 12.1 Å². The molecule has 1 aliphatic rings. The maximum atomic E-state index is 12.6. The molecule has 148 valence electrons. The highest BCUT2D eigenvalue weighted by atomic mass is 16.6. The number of nitrogens with zero attached hydrogens (tertiary/aromatic N) is 2. The van der Waals surface area contributed by atoms with Crippen molar-refractivity contribution in [3.63, 3.8) is 0 Å². The molecule has 2 aromatic rings. The number of carbonyl (C=O) groups excluding carboxylic acids is 1. The first kappa shape index (κ1) is 19.7. The van der Waals surface area contributed by atoms with Crippen LogP contribution in [0, 0.1) is 10.1 Å². The second-order valence-electron chi connectivity index (χ2n) is 7.15. The van der Waals surface area contributed by atoms with Crippen molar-refractivity contribution < 1.29 is 19.6 Å². The van der Waals surface area contributed by atoms with Crippen LogP contribution in [0.3, 0.4) is 0 Å². The molecular formula is C21H24N2O5. The Kier molecular flexibility index (Phi) is 5.82. The summed E-state index contributed by atoms with van der Waals surface area (Å²) in [6.07, 6.45) is 3.13. The SMILES string of the molecule is COc1cccc2c1CCC[C@H]2CN(C)C(=O)Cc1ccc([N+](=O)[O-])c(O)c1. The second kappa shape index (κ2) is 8.29. The molecule has 0 bridgehead atoms. The monoisotopic (exact) mass is 384 g/mol. The molecular weight excluding hydrogens is 360 g/mol. The Hall–Kier alpha value is -3.09. The normalized spacial score (nSPS) is 15.6. The molecule has 0 heterocycles. The van der Waals surface area contributed by atoms with Crippen molar-refractivity contribution >= 4 is 11.6 Å². The van der Waals surface area contributed by atoms with Gasteiger partial charge in [-0.3, -0.25) is 14.9 Å². The van der Waals surface area contributed by atoms with Gasteiger partial charge in [0.15, 0.2) is 5.75 Å². The molecule has 3 rings (SSSR count). The number of aromatic hydroxyl groups is 1. The van der Waals surface area contributed by atoms with Crippen LogP contribution in [0.2, 0.25) is 0 Å². The molecule has 7 heteroatoms. The van der Waals surface area contributed by atoms with Crippen molar-refractivity contribution in [3.8, 4) is 11.5 Å². The number of likely N-dealkylation sites (N-methyl/N-ethyl adjacent to an activating group) is 1. The second-order valence-corrected chi connectivity index (χ2v) is 7.15. The van der Waals surface area contributed by atoms with E-state index in [0.29, 0.717) is 12.1 Å². The zero-order valence-corrected chi connectivity index (χ0v) is 16.1. The van der Waals surface area contributed by atoms with E-state index in [-0.39, 0.29) is 23.9 Å². The van der Waals surface area contributed by atoms with E-state index >= 15 is 0 Å². The van der Waals surface area contributed by atoms with Gasteiger partial charge in [-0.05, 0) is 48.1 Å². The molecule has 1 N–H and O–H groups in total. The number of hydrogen-bond acceptors (Lipinski definition) is 5. The van der Waals surface area contributed by atoms with Crippen LogP contribution in [0.15, 0.2) is 36.4 Å². The average Bonchev–Trinajstić information content (AvgIpc) is 2.67. The number of amides is 1. The Morgan fingerprint density at radius 2 is 2.14 bits per heavy atom. The Labute approximate surface area is 163 Å². The summed E-state index contributed by atoms with van der Waals surface area (Å²) < 4.78 is 5.48. The van der Waals surface area contributed by atoms with Gasteiger partial charge in [-0.1, -0.05) is 18.2 Å². The lowest BCUT2D eigenvalue weighted by Gasteiger charge is -2.30. The lowest BCUT2D eigenvalue weighted by atomic mass is 9.82. The number of nitro benzene ring substituents is 1. The van der Waals surface area contributed by atoms with Gasteiger partial charge >= 0.3 is 5.69 Å². The van der Waals surface area contributed by atoms with Crippen LogP contribution in [0.1, 0.15) is 35.4 Å². The molecule has 1 amide bonds. The summed E-state index contributed by atoms with van der Waals surface area (Å²) >= 11 is 0. The third-order valence-corrected chi connectivity index (χ3v) is 5.32. The van der Waals surface area contributed by atoms with Crippen LogP contribution in [0.25, 0.3) is 0 Å². The van der Waals surface area contributed by atoms with Crippen LogP contribution in [-0.4, -0.2) is 41.5 Å². The molecule has 0 spiro atoms. The van der Waals surface area contributed by atoms with Gasteiger partial charge in [0.2, 0.25) is 5.91 Å². The predicted molar refractivity (Wildman–Crippen MR) is 105 cm³/mol. The van der Waals surface area contributed by atoms with E-state index in [2.05, 4.69) is 6.07 Å². The summed E-state index contributed by atoms with van der Waals surface area (Å²) in [5.74, 6) is 0.630. The fourth-order valence-electron chi connectivity index (χ4n) is 3.87. The van der Waals surface area contributed by atoms with Crippen LogP contribution in [0.4, 0.5) is 5.69 Å². The third kappa shape index (κ3) is 4.08. The summed E-state index contributed by atoms with van der Waals surface area (Å²) in [6.45, 7) is 0.595. The number of nitro groups is 1. The van der Waals surface area contributed by atoms with E-state index in [4.69, 9.17) is 4.74 Å². The Morgan fingerprint density at radius 3 is 2.82 bits per heavy atom. The van der Waals surface area contributed by atoms with E-state index < -0.39 is 10.7 Å². The fourth-order valence-corrected chi connectivity index (χ4v) is 3.87. The number of benzene rings is 2. The molecule has 1 aliphatic carbocycles. The molecule has 0 fully saturated rings. The molecule has 7 nitrogen and oxygen atoms in total. The topological polar surface area (TPSA) is 92.9 Å². The maximum absolute atomic E-state index is 12.6. The first-order chi connectivity index (χ1) is 13.4. The van der Waals surface area contributed by atoms with Gasteiger partial charge < -0.3 is 14.7 Å². The van der Waals surface area contributed by atoms with E-state index in [1.165, 1.54) is 29.3 Å². The van der Waals surface area contributed by atoms with E-state index in [0.717, 1.165) is 25.0 Å². The minimum atomic E-state index is -0.651. The van der Waals surface area contributed by atoms with Crippen molar-refractivity contribution in [2.75, 3.05) is 20.7 Å². The minimum absolute atomic E-state index is 0.0831. The number of hydrogen-bond donors (Lipinski definition) is 1. The van der Waals surface area contributed by atoms with E-state index in [1.54, 1.807) is 19.1 Å². The number of carbonyl (C=O) groups is 1. The van der Waals surface area contributed by atoms with Crippen LogP contribution in [0.5, 0.6) is 11.5 Å². The molecule has 0 aliphatic heterocycles. The van der Waals surface area contributed by atoms with Gasteiger partial charge in [0.1, 0.15) is 5.75 Å². The third-order valence-electron chi connectivity index (χ3n) is 5.32. The molecule has 0 saturated heterocycles. The highest BCUT2D eigenvalue weighted by Crippen LogP contribution is 2.37. The highest BCUT2D eigenvalue weighted by molar-refractivity contribution is 5.79. The molecule has 0 radical (unpaired) electrons. The zero-order valence-electron chi connectivity index (χ0n) is 16.1. The van der Waals surface area contributed by atoms with Gasteiger partial charge in [-0.2, -0.15) is 0 Å². The number of methoxy groups -OCH3 is 1. The average molecular weight is 384 g/mol. The Morgan fingerprint density at radius 1 is 1.36 bits per heavy atom. The number of ether oxygens (including phenoxy) is 1. The lowest BCUT2D eigenvalue weighted by molar-refractivity contribution is -0.385. The summed E-state index contributed by atoms with van der Waals surface area (Å²) in [5.41, 5.74) is 2.64. The smallest absolute Gasteiger partial charge is 0.310 e. The minimum Gasteiger partial charge on any atom is -0.502 e. The summed E-state index contributed by atoms with van der Waals surface area (Å²) in [5, 5.41) is 20.5. The van der Waals surface area contributed by atoms with Crippen LogP contribution in [-0.2, 0) is 17.6 Å². The molecule has 2 aromatic carbocycles. The molecule has 1 atom stereocenters. The molecule has 0 saturated carbocycles. The van der Waals surface area contributed by atoms with Gasteiger partial charge in [0.05, 0.1) is 18.5 Å². The predicted octanol–water partition coefficient (Wildman–Crippen LogP) is 3.43. The first-order valence-electron chi connectivity index (χ1n) is 9.26. The maximum Gasteiger partial charge on any atom is 0.310 e. The number of phenols is 1. The summed E-state index contributed by atoms with van der Waals surface area (Å²) in [4.78, 5) is 24.5. The number of fused-ring (bicyclic) bond motifs is 1. The van der Waals surface area contributed by atoms with Crippen LogP contribution >= 0.6 is 0 Å². The van der Waals surface area contributed by atoms with Gasteiger partial charge in [-0.15, -0.1) is 0 Å². The first-order valence-corrected chi connectivity index (χ1v) is 9.26. The molecule has 0 aromatic heterocycles. The van der Waals surface area contributed by atoms with Gasteiger partial charge in [0, 0.05) is 25.6 Å². The lowest BCUT2D eigenvalue weighted by Crippen LogP contribution is -2.33. The van der Waals surface area contributed by atoms with Gasteiger partial charge in [0.25, 0.3) is 0 Å². The zero-order chi connectivity index (χ0) is 20.3. The quantitative estimate of drug-likeness (QED) is 0.608. The van der Waals surface area contributed by atoms with Crippen molar-refractivity contribution in [1.29, 1.82) is 0 Å². The van der Waals surface area contributed by atoms with Crippen molar-refractivity contribution in [3.05, 3.63) is 63.2 Å². The number of phenolic OH excluding ortho intramolecular Hbond substituents is 1.